The van der Waals surface area contributed by atoms with Crippen molar-refractivity contribution in [3.05, 3.63) is 89.5 Å². The van der Waals surface area contributed by atoms with E-state index in [4.69, 9.17) is 13.7 Å². The van der Waals surface area contributed by atoms with E-state index >= 15 is 0 Å². The maximum absolute atomic E-state index is 13.2. The highest BCUT2D eigenvalue weighted by atomic mass is 32.2. The van der Waals surface area contributed by atoms with Crippen molar-refractivity contribution in [2.75, 3.05) is 19.0 Å². The van der Waals surface area contributed by atoms with Gasteiger partial charge in [-0.25, -0.2) is 4.79 Å². The summed E-state index contributed by atoms with van der Waals surface area (Å²) in [5.41, 5.74) is 4.09. The molecule has 0 spiro atoms. The van der Waals surface area contributed by atoms with Crippen molar-refractivity contribution in [1.29, 1.82) is 0 Å². The fourth-order valence-corrected chi connectivity index (χ4v) is 8.90. The minimum Gasteiger partial charge on any atom is -0.497 e. The Hall–Kier alpha value is -3.36. The van der Waals surface area contributed by atoms with Crippen LogP contribution in [0.3, 0.4) is 0 Å². The number of benzene rings is 3. The van der Waals surface area contributed by atoms with Crippen molar-refractivity contribution in [2.24, 2.45) is 23.2 Å². The van der Waals surface area contributed by atoms with Gasteiger partial charge in [0.15, 0.2) is 0 Å². The molecule has 0 saturated heterocycles. The van der Waals surface area contributed by atoms with Gasteiger partial charge in [0.1, 0.15) is 11.9 Å². The molecule has 42 heavy (non-hydrogen) atoms. The van der Waals surface area contributed by atoms with Gasteiger partial charge in [0.05, 0.1) is 18.6 Å². The summed E-state index contributed by atoms with van der Waals surface area (Å²) < 4.78 is 43.7. The van der Waals surface area contributed by atoms with Crippen LogP contribution in [-0.4, -0.2) is 34.3 Å². The van der Waals surface area contributed by atoms with Crippen molar-refractivity contribution < 1.29 is 26.9 Å². The lowest BCUT2D eigenvalue weighted by Crippen LogP contribution is -2.46. The Morgan fingerprint density at radius 2 is 1.79 bits per heavy atom. The van der Waals surface area contributed by atoms with Crippen LogP contribution in [0.2, 0.25) is 0 Å². The van der Waals surface area contributed by atoms with Crippen LogP contribution in [0.15, 0.2) is 77.7 Å². The summed E-state index contributed by atoms with van der Waals surface area (Å²) in [5.74, 6) is 1.76. The number of carbonyl (C=O) groups excluding carboxylic acids is 1. The molecule has 0 radical (unpaired) electrons. The number of aryl methyl sites for hydroxylation is 2. The number of hydrogen-bond donors (Lipinski definition) is 1. The number of methoxy groups -OCH3 is 1. The Kier molecular flexibility index (Phi) is 7.79. The van der Waals surface area contributed by atoms with E-state index in [1.807, 2.05) is 37.3 Å². The van der Waals surface area contributed by atoms with Crippen LogP contribution in [0.1, 0.15) is 55.2 Å². The van der Waals surface area contributed by atoms with E-state index < -0.39 is 22.3 Å². The number of carbonyl (C=O) groups is 1. The molecule has 0 unspecified atom stereocenters. The topological polar surface area (TPSA) is 90.9 Å². The van der Waals surface area contributed by atoms with Gasteiger partial charge in [0, 0.05) is 17.0 Å². The van der Waals surface area contributed by atoms with E-state index in [0.717, 1.165) is 43.4 Å². The average molecular weight is 590 g/mol. The molecule has 222 valence electrons. The molecule has 2 saturated carbocycles. The monoisotopic (exact) mass is 589 g/mol. The molecule has 3 aromatic rings. The predicted molar refractivity (Wildman–Crippen MR) is 161 cm³/mol. The minimum atomic E-state index is -3.96. The second-order valence-corrected chi connectivity index (χ2v) is 14.0. The molecule has 0 bridgehead atoms. The lowest BCUT2D eigenvalue weighted by Gasteiger charge is -2.50. The van der Waals surface area contributed by atoms with Gasteiger partial charge in [-0.2, -0.15) is 8.42 Å². The Morgan fingerprint density at radius 3 is 2.52 bits per heavy atom. The minimum absolute atomic E-state index is 0.0310. The van der Waals surface area contributed by atoms with Crippen molar-refractivity contribution in [3.63, 3.8) is 0 Å². The van der Waals surface area contributed by atoms with E-state index in [-0.39, 0.29) is 28.8 Å². The normalized spacial score (nSPS) is 28.2. The summed E-state index contributed by atoms with van der Waals surface area (Å²) in [6.07, 6.45) is 3.64. The number of anilines is 1. The van der Waals surface area contributed by atoms with E-state index in [0.29, 0.717) is 17.5 Å². The maximum atomic E-state index is 13.2. The number of amides is 1. The number of ether oxygens (including phenoxy) is 2. The largest absolute Gasteiger partial charge is 0.497 e. The third-order valence-electron chi connectivity index (χ3n) is 10.0. The zero-order valence-electron chi connectivity index (χ0n) is 24.4. The number of rotatable bonds is 7. The van der Waals surface area contributed by atoms with Crippen LogP contribution in [0, 0.1) is 30.1 Å². The third-order valence-corrected chi connectivity index (χ3v) is 11.3. The molecule has 0 heterocycles. The first-order valence-electron chi connectivity index (χ1n) is 14.8. The molecule has 3 aliphatic rings. The van der Waals surface area contributed by atoms with Crippen molar-refractivity contribution in [1.82, 2.24) is 0 Å². The summed E-state index contributed by atoms with van der Waals surface area (Å²) in [7, 11) is -2.25. The molecule has 7 nitrogen and oxygen atoms in total. The fourth-order valence-electron chi connectivity index (χ4n) is 7.94. The first kappa shape index (κ1) is 28.7. The van der Waals surface area contributed by atoms with Crippen LogP contribution < -0.4 is 10.1 Å². The third kappa shape index (κ3) is 5.42. The van der Waals surface area contributed by atoms with E-state index in [9.17, 15) is 13.2 Å². The molecule has 2 fully saturated rings. The zero-order valence-corrected chi connectivity index (χ0v) is 25.2. The molecule has 3 aliphatic carbocycles. The quantitative estimate of drug-likeness (QED) is 0.296. The van der Waals surface area contributed by atoms with Crippen LogP contribution in [-0.2, 0) is 25.5 Å². The Labute approximate surface area is 248 Å². The standard InChI is InChI=1S/C34H39NO6S/c1-22-9-13-27(14-10-22)42(37,38)40-21-24-20-31-30-15-11-23-19-26(39-3)12-16-28(23)29(30)17-18-34(31,2)32(24)41-33(36)35-25-7-5-4-6-8-25/h4-10,12-14,16,19,24,29-32H,11,15,17-18,20-21H2,1-3H3,(H,35,36)/t24-,29+,30+,31-,32+,34-/m0/s1. The van der Waals surface area contributed by atoms with Crippen LogP contribution in [0.4, 0.5) is 10.5 Å². The lowest BCUT2D eigenvalue weighted by molar-refractivity contribution is -0.0414. The summed E-state index contributed by atoms with van der Waals surface area (Å²) in [6, 6.07) is 22.3. The second-order valence-electron chi connectivity index (χ2n) is 12.4. The van der Waals surface area contributed by atoms with E-state index in [1.54, 1.807) is 31.4 Å². The Bertz CT molecular complexity index is 1540. The highest BCUT2D eigenvalue weighted by Gasteiger charge is 2.60. The SMILES string of the molecule is COc1ccc2c(c1)CC[C@@H]1[C@@H]2CC[C@]2(C)[C@H](OC(=O)Nc3ccccc3)[C@H](COS(=O)(=O)c3ccc(C)cc3)C[C@@H]12. The van der Waals surface area contributed by atoms with Crippen LogP contribution in [0.25, 0.3) is 0 Å². The van der Waals surface area contributed by atoms with Crippen molar-refractivity contribution in [2.45, 2.75) is 62.9 Å². The Balaban J connectivity index is 1.26. The van der Waals surface area contributed by atoms with Gasteiger partial charge < -0.3 is 9.47 Å². The summed E-state index contributed by atoms with van der Waals surface area (Å²) in [5, 5.41) is 2.85. The van der Waals surface area contributed by atoms with Gasteiger partial charge in [-0.1, -0.05) is 48.9 Å². The molecule has 6 rings (SSSR count). The first-order valence-corrected chi connectivity index (χ1v) is 16.2. The van der Waals surface area contributed by atoms with E-state index in [1.165, 1.54) is 11.1 Å². The van der Waals surface area contributed by atoms with Crippen LogP contribution >= 0.6 is 0 Å². The van der Waals surface area contributed by atoms with Crippen LogP contribution in [0.5, 0.6) is 5.75 Å². The first-order chi connectivity index (χ1) is 20.2. The lowest BCUT2D eigenvalue weighted by atomic mass is 9.55. The fraction of sp³-hybridized carbons (Fsp3) is 0.441. The number of fused-ring (bicyclic) bond motifs is 5. The number of hydrogen-bond acceptors (Lipinski definition) is 6. The summed E-state index contributed by atoms with van der Waals surface area (Å²) in [4.78, 5) is 13.3. The molecule has 1 N–H and O–H groups in total. The van der Waals surface area contributed by atoms with Crippen molar-refractivity contribution >= 4 is 21.9 Å². The molecule has 8 heteroatoms. The molecule has 1 amide bonds. The molecular formula is C34H39NO6S. The van der Waals surface area contributed by atoms with Gasteiger partial charge in [0.25, 0.3) is 10.1 Å². The molecule has 6 atom stereocenters. The summed E-state index contributed by atoms with van der Waals surface area (Å²) >= 11 is 0. The van der Waals surface area contributed by atoms with Gasteiger partial charge in [-0.15, -0.1) is 0 Å². The number of para-hydroxylation sites is 1. The van der Waals surface area contributed by atoms with Gasteiger partial charge >= 0.3 is 6.09 Å². The van der Waals surface area contributed by atoms with Crippen molar-refractivity contribution in [3.8, 4) is 5.75 Å². The summed E-state index contributed by atoms with van der Waals surface area (Å²) in [6.45, 7) is 4.11. The van der Waals surface area contributed by atoms with Gasteiger partial charge in [-0.05, 0) is 104 Å². The number of nitrogens with one attached hydrogen (secondary N) is 1. The van der Waals surface area contributed by atoms with Gasteiger partial charge in [0.2, 0.25) is 0 Å². The van der Waals surface area contributed by atoms with E-state index in [2.05, 4.69) is 30.4 Å². The zero-order chi connectivity index (χ0) is 29.5. The maximum Gasteiger partial charge on any atom is 0.411 e. The molecule has 3 aromatic carbocycles. The average Bonchev–Trinajstić information content (AvgIpc) is 3.27. The molecule has 0 aromatic heterocycles. The molecular weight excluding hydrogens is 550 g/mol. The highest BCUT2D eigenvalue weighted by molar-refractivity contribution is 7.86. The second kappa shape index (κ2) is 11.4. The van der Waals surface area contributed by atoms with Gasteiger partial charge in [-0.3, -0.25) is 9.50 Å². The Morgan fingerprint density at radius 1 is 1.02 bits per heavy atom. The highest BCUT2D eigenvalue weighted by Crippen LogP contribution is 2.63. The smallest absolute Gasteiger partial charge is 0.411 e. The predicted octanol–water partition coefficient (Wildman–Crippen LogP) is 7.11. The molecule has 0 aliphatic heterocycles.